The number of pyridine rings is 1. The average Bonchev–Trinajstić information content (AvgIpc) is 3.34. The van der Waals surface area contributed by atoms with Crippen molar-refractivity contribution in [1.82, 2.24) is 15.0 Å². The molecule has 0 aromatic carbocycles. The van der Waals surface area contributed by atoms with Gasteiger partial charge in [-0.2, -0.15) is 0 Å². The molecule has 3 heterocycles. The summed E-state index contributed by atoms with van der Waals surface area (Å²) < 4.78 is 15.8. The first kappa shape index (κ1) is 16.1. The summed E-state index contributed by atoms with van der Waals surface area (Å²) in [6.07, 6.45) is 7.07. The Labute approximate surface area is 145 Å². The molecule has 1 aliphatic carbocycles. The van der Waals surface area contributed by atoms with Gasteiger partial charge in [0.25, 0.3) is 11.8 Å². The van der Waals surface area contributed by atoms with Gasteiger partial charge in [-0.25, -0.2) is 0 Å². The summed E-state index contributed by atoms with van der Waals surface area (Å²) in [6, 6.07) is 1.51. The first-order chi connectivity index (χ1) is 12.2. The summed E-state index contributed by atoms with van der Waals surface area (Å²) in [5, 5.41) is 3.69. The quantitative estimate of drug-likeness (QED) is 0.800. The molecule has 1 amide bonds. The molecular formula is C18H21N3O4. The lowest BCUT2D eigenvalue weighted by Gasteiger charge is -2.29. The third-order valence-corrected chi connectivity index (χ3v) is 4.73. The van der Waals surface area contributed by atoms with Gasteiger partial charge in [0.1, 0.15) is 0 Å². The van der Waals surface area contributed by atoms with Crippen molar-refractivity contribution < 1.29 is 18.8 Å². The highest BCUT2D eigenvalue weighted by atomic mass is 16.5. The number of rotatable bonds is 6. The first-order valence-corrected chi connectivity index (χ1v) is 8.57. The van der Waals surface area contributed by atoms with Crippen molar-refractivity contribution >= 4 is 5.91 Å². The van der Waals surface area contributed by atoms with Crippen LogP contribution in [0.2, 0.25) is 0 Å². The van der Waals surface area contributed by atoms with Crippen molar-refractivity contribution in [3.05, 3.63) is 40.9 Å². The second-order valence-corrected chi connectivity index (χ2v) is 6.61. The van der Waals surface area contributed by atoms with Gasteiger partial charge in [-0.3, -0.25) is 9.78 Å². The van der Waals surface area contributed by atoms with Crippen molar-refractivity contribution in [1.29, 1.82) is 0 Å². The lowest BCUT2D eigenvalue weighted by Crippen LogP contribution is -2.36. The second kappa shape index (κ2) is 6.84. The predicted octanol–water partition coefficient (Wildman–Crippen LogP) is 2.20. The Morgan fingerprint density at radius 1 is 1.40 bits per heavy atom. The van der Waals surface area contributed by atoms with E-state index < -0.39 is 0 Å². The van der Waals surface area contributed by atoms with E-state index >= 15 is 0 Å². The number of ether oxygens (including phenoxy) is 2. The Bertz CT molecular complexity index is 769. The highest BCUT2D eigenvalue weighted by Crippen LogP contribution is 2.30. The van der Waals surface area contributed by atoms with E-state index in [9.17, 15) is 4.79 Å². The standard InChI is InChI=1S/C18H21N3O4/c1-23-17-6-16(25-20-17)18(22)21-5-4-15-13(9-21)7-19-8-14(15)11-24-10-12-2-3-12/h6-8,12H,2-5,9-11H2,1H3. The molecule has 1 fully saturated rings. The van der Waals surface area contributed by atoms with Crippen LogP contribution >= 0.6 is 0 Å². The third-order valence-electron chi connectivity index (χ3n) is 4.73. The fourth-order valence-corrected chi connectivity index (χ4v) is 3.10. The molecule has 0 spiro atoms. The average molecular weight is 343 g/mol. The van der Waals surface area contributed by atoms with Gasteiger partial charge in [-0.05, 0) is 47.0 Å². The SMILES string of the molecule is COc1cc(C(=O)N2CCc3c(COCC4CC4)cncc3C2)on1. The van der Waals surface area contributed by atoms with Crippen molar-refractivity contribution in [3.8, 4) is 5.88 Å². The predicted molar refractivity (Wildman–Crippen MR) is 88.1 cm³/mol. The van der Waals surface area contributed by atoms with E-state index in [4.69, 9.17) is 14.0 Å². The largest absolute Gasteiger partial charge is 0.479 e. The van der Waals surface area contributed by atoms with Crippen LogP contribution in [-0.4, -0.2) is 41.2 Å². The number of aromatic nitrogens is 2. The molecule has 0 unspecified atom stereocenters. The van der Waals surface area contributed by atoms with Gasteiger partial charge in [-0.1, -0.05) is 0 Å². The van der Waals surface area contributed by atoms with Crippen LogP contribution in [0, 0.1) is 5.92 Å². The van der Waals surface area contributed by atoms with Crippen LogP contribution in [0.3, 0.4) is 0 Å². The zero-order valence-corrected chi connectivity index (χ0v) is 14.2. The number of amides is 1. The van der Waals surface area contributed by atoms with Gasteiger partial charge in [0, 0.05) is 32.1 Å². The lowest BCUT2D eigenvalue weighted by atomic mass is 9.97. The molecule has 2 aliphatic rings. The van der Waals surface area contributed by atoms with Gasteiger partial charge >= 0.3 is 0 Å². The number of carbonyl (C=O) groups is 1. The molecule has 0 radical (unpaired) electrons. The van der Waals surface area contributed by atoms with Crippen molar-refractivity contribution in [2.24, 2.45) is 5.92 Å². The highest BCUT2D eigenvalue weighted by Gasteiger charge is 2.27. The Hall–Kier alpha value is -2.41. The van der Waals surface area contributed by atoms with Crippen molar-refractivity contribution in [2.75, 3.05) is 20.3 Å². The molecular weight excluding hydrogens is 322 g/mol. The van der Waals surface area contributed by atoms with Gasteiger partial charge < -0.3 is 18.9 Å². The van der Waals surface area contributed by atoms with Crippen LogP contribution in [0.1, 0.15) is 40.1 Å². The molecule has 2 aromatic heterocycles. The molecule has 0 N–H and O–H groups in total. The minimum atomic E-state index is -0.183. The van der Waals surface area contributed by atoms with E-state index in [0.29, 0.717) is 25.6 Å². The highest BCUT2D eigenvalue weighted by molar-refractivity contribution is 5.91. The molecule has 25 heavy (non-hydrogen) atoms. The molecule has 7 heteroatoms. The maximum absolute atomic E-state index is 12.6. The first-order valence-electron chi connectivity index (χ1n) is 8.57. The van der Waals surface area contributed by atoms with Crippen molar-refractivity contribution in [2.45, 2.75) is 32.4 Å². The Balaban J connectivity index is 1.44. The Morgan fingerprint density at radius 3 is 3.04 bits per heavy atom. The van der Waals surface area contributed by atoms with E-state index in [0.717, 1.165) is 30.1 Å². The van der Waals surface area contributed by atoms with Gasteiger partial charge in [0.15, 0.2) is 0 Å². The number of fused-ring (bicyclic) bond motifs is 1. The van der Waals surface area contributed by atoms with E-state index in [-0.39, 0.29) is 11.7 Å². The summed E-state index contributed by atoms with van der Waals surface area (Å²) in [6.45, 7) is 2.58. The van der Waals surface area contributed by atoms with E-state index in [1.807, 2.05) is 12.4 Å². The van der Waals surface area contributed by atoms with Crippen LogP contribution < -0.4 is 4.74 Å². The maximum atomic E-state index is 12.6. The summed E-state index contributed by atoms with van der Waals surface area (Å²) in [5.74, 6) is 1.06. The summed E-state index contributed by atoms with van der Waals surface area (Å²) in [4.78, 5) is 18.6. The molecule has 4 rings (SSSR count). The van der Waals surface area contributed by atoms with Gasteiger partial charge in [-0.15, -0.1) is 0 Å². The molecule has 1 aliphatic heterocycles. The van der Waals surface area contributed by atoms with Gasteiger partial charge in [0.05, 0.1) is 19.8 Å². The van der Waals surface area contributed by atoms with E-state index in [1.165, 1.54) is 31.6 Å². The Kier molecular flexibility index (Phi) is 4.40. The van der Waals surface area contributed by atoms with Crippen LogP contribution in [0.4, 0.5) is 0 Å². The van der Waals surface area contributed by atoms with Crippen LogP contribution in [0.25, 0.3) is 0 Å². The normalized spacial score (nSPS) is 16.6. The maximum Gasteiger partial charge on any atom is 0.292 e. The molecule has 132 valence electrons. The summed E-state index contributed by atoms with van der Waals surface area (Å²) in [7, 11) is 1.49. The molecule has 0 atom stereocenters. The number of methoxy groups -OCH3 is 1. The number of nitrogens with zero attached hydrogens (tertiary/aromatic N) is 3. The number of hydrogen-bond donors (Lipinski definition) is 0. The van der Waals surface area contributed by atoms with Crippen LogP contribution in [0.5, 0.6) is 5.88 Å². The fourth-order valence-electron chi connectivity index (χ4n) is 3.10. The van der Waals surface area contributed by atoms with E-state index in [2.05, 4.69) is 10.1 Å². The third kappa shape index (κ3) is 3.51. The molecule has 2 aromatic rings. The molecule has 1 saturated carbocycles. The molecule has 0 saturated heterocycles. The minimum absolute atomic E-state index is 0.183. The second-order valence-electron chi connectivity index (χ2n) is 6.61. The number of carbonyl (C=O) groups excluding carboxylic acids is 1. The van der Waals surface area contributed by atoms with Crippen LogP contribution in [0.15, 0.2) is 23.0 Å². The summed E-state index contributed by atoms with van der Waals surface area (Å²) in [5.41, 5.74) is 3.45. The molecule has 7 nitrogen and oxygen atoms in total. The van der Waals surface area contributed by atoms with Crippen LogP contribution in [-0.2, 0) is 24.3 Å². The van der Waals surface area contributed by atoms with Crippen molar-refractivity contribution in [3.63, 3.8) is 0 Å². The summed E-state index contributed by atoms with van der Waals surface area (Å²) >= 11 is 0. The topological polar surface area (TPSA) is 77.7 Å². The fraction of sp³-hybridized carbons (Fsp3) is 0.500. The number of hydrogen-bond acceptors (Lipinski definition) is 6. The van der Waals surface area contributed by atoms with Gasteiger partial charge in [0.2, 0.25) is 5.76 Å². The zero-order chi connectivity index (χ0) is 17.2. The minimum Gasteiger partial charge on any atom is -0.479 e. The lowest BCUT2D eigenvalue weighted by molar-refractivity contribution is 0.0690. The Morgan fingerprint density at radius 2 is 2.28 bits per heavy atom. The van der Waals surface area contributed by atoms with E-state index in [1.54, 1.807) is 4.90 Å². The smallest absolute Gasteiger partial charge is 0.292 e. The molecule has 0 bridgehead atoms. The monoisotopic (exact) mass is 343 g/mol. The zero-order valence-electron chi connectivity index (χ0n) is 14.2.